The highest BCUT2D eigenvalue weighted by molar-refractivity contribution is 9.10. The van der Waals surface area contributed by atoms with Gasteiger partial charge in [-0.05, 0) is 47.0 Å². The lowest BCUT2D eigenvalue weighted by atomic mass is 10.2. The van der Waals surface area contributed by atoms with E-state index in [1.165, 1.54) is 0 Å². The van der Waals surface area contributed by atoms with Crippen LogP contribution < -0.4 is 11.1 Å². The highest BCUT2D eigenvalue weighted by Crippen LogP contribution is 2.20. The molecule has 0 aliphatic carbocycles. The predicted octanol–water partition coefficient (Wildman–Crippen LogP) is 1.92. The van der Waals surface area contributed by atoms with Crippen molar-refractivity contribution in [3.63, 3.8) is 0 Å². The number of nitrogens with two attached hydrogens (primary N) is 1. The lowest BCUT2D eigenvalue weighted by Crippen LogP contribution is -2.27. The molecule has 0 aromatic heterocycles. The number of carbonyl (C=O) groups is 1. The van der Waals surface area contributed by atoms with E-state index in [9.17, 15) is 9.90 Å². The third-order valence-corrected chi connectivity index (χ3v) is 3.18. The maximum Gasteiger partial charge on any atom is 0.251 e. The molecular weight excluding hydrogens is 284 g/mol. The molecule has 4 N–H and O–H groups in total. The molecule has 1 amide bonds. The summed E-state index contributed by atoms with van der Waals surface area (Å²) in [6.07, 6.45) is 0.912. The zero-order valence-electron chi connectivity index (χ0n) is 9.74. The van der Waals surface area contributed by atoms with Crippen LogP contribution >= 0.6 is 15.9 Å². The molecule has 1 aromatic rings. The maximum atomic E-state index is 11.7. The van der Waals surface area contributed by atoms with Crippen LogP contribution in [0.5, 0.6) is 0 Å². The average Bonchev–Trinajstić information content (AvgIpc) is 2.32. The maximum absolute atomic E-state index is 11.7. The van der Waals surface area contributed by atoms with Crippen molar-refractivity contribution >= 4 is 27.5 Å². The smallest absolute Gasteiger partial charge is 0.251 e. The van der Waals surface area contributed by atoms with Gasteiger partial charge >= 0.3 is 0 Å². The third kappa shape index (κ3) is 4.36. The van der Waals surface area contributed by atoms with Gasteiger partial charge in [0, 0.05) is 22.3 Å². The van der Waals surface area contributed by atoms with Gasteiger partial charge in [-0.25, -0.2) is 0 Å². The second-order valence-corrected chi connectivity index (χ2v) is 4.70. The van der Waals surface area contributed by atoms with Crippen molar-refractivity contribution in [2.24, 2.45) is 0 Å². The summed E-state index contributed by atoms with van der Waals surface area (Å²) in [5.41, 5.74) is 6.79. The molecule has 94 valence electrons. The number of rotatable bonds is 5. The number of aliphatic hydroxyl groups is 1. The van der Waals surface area contributed by atoms with Crippen molar-refractivity contribution in [3.05, 3.63) is 28.2 Å². The van der Waals surface area contributed by atoms with Crippen molar-refractivity contribution in [1.29, 1.82) is 0 Å². The Morgan fingerprint density at radius 2 is 2.29 bits per heavy atom. The van der Waals surface area contributed by atoms with E-state index in [4.69, 9.17) is 5.73 Å². The van der Waals surface area contributed by atoms with E-state index in [-0.39, 0.29) is 12.0 Å². The van der Waals surface area contributed by atoms with Gasteiger partial charge in [-0.15, -0.1) is 0 Å². The van der Waals surface area contributed by atoms with E-state index in [2.05, 4.69) is 21.2 Å². The molecule has 0 bridgehead atoms. The minimum absolute atomic E-state index is 0.158. The van der Waals surface area contributed by atoms with Gasteiger partial charge in [-0.1, -0.05) is 6.92 Å². The minimum atomic E-state index is -0.353. The Morgan fingerprint density at radius 3 is 2.88 bits per heavy atom. The molecule has 0 saturated heterocycles. The van der Waals surface area contributed by atoms with Gasteiger partial charge in [0.25, 0.3) is 5.91 Å². The first-order chi connectivity index (χ1) is 8.04. The van der Waals surface area contributed by atoms with E-state index in [1.54, 1.807) is 18.2 Å². The van der Waals surface area contributed by atoms with Gasteiger partial charge in [0.2, 0.25) is 0 Å². The number of carbonyl (C=O) groups excluding carboxylic acids is 1. The minimum Gasteiger partial charge on any atom is -0.398 e. The van der Waals surface area contributed by atoms with Crippen molar-refractivity contribution in [2.75, 3.05) is 12.3 Å². The van der Waals surface area contributed by atoms with Crippen molar-refractivity contribution in [3.8, 4) is 0 Å². The lowest BCUT2D eigenvalue weighted by Gasteiger charge is -2.09. The standard InChI is InChI=1S/C12H17BrN2O2/c1-2-9(16)5-6-15-12(17)8-3-4-11(14)10(13)7-8/h3-4,7,9,16H,2,5-6,14H2,1H3,(H,15,17). The molecule has 5 heteroatoms. The van der Waals surface area contributed by atoms with Crippen LogP contribution in [0.1, 0.15) is 30.1 Å². The van der Waals surface area contributed by atoms with Crippen LogP contribution in [0, 0.1) is 0 Å². The van der Waals surface area contributed by atoms with E-state index in [0.717, 1.165) is 0 Å². The summed E-state index contributed by atoms with van der Waals surface area (Å²) in [7, 11) is 0. The van der Waals surface area contributed by atoms with Gasteiger partial charge in [-0.3, -0.25) is 4.79 Å². The quantitative estimate of drug-likeness (QED) is 0.727. The highest BCUT2D eigenvalue weighted by atomic mass is 79.9. The van der Waals surface area contributed by atoms with Gasteiger partial charge in [0.1, 0.15) is 0 Å². The molecule has 0 heterocycles. The van der Waals surface area contributed by atoms with Crippen LogP contribution in [0.4, 0.5) is 5.69 Å². The first-order valence-electron chi connectivity index (χ1n) is 5.56. The number of amides is 1. The van der Waals surface area contributed by atoms with Crippen molar-refractivity contribution in [2.45, 2.75) is 25.9 Å². The molecule has 1 rings (SSSR count). The van der Waals surface area contributed by atoms with E-state index in [1.807, 2.05) is 6.92 Å². The summed E-state index contributed by atoms with van der Waals surface area (Å²) in [6.45, 7) is 2.37. The third-order valence-electron chi connectivity index (χ3n) is 2.50. The van der Waals surface area contributed by atoms with Crippen molar-refractivity contribution < 1.29 is 9.90 Å². The zero-order valence-corrected chi connectivity index (χ0v) is 11.3. The normalized spacial score (nSPS) is 12.2. The molecule has 0 radical (unpaired) electrons. The summed E-state index contributed by atoms with van der Waals surface area (Å²) < 4.78 is 0.707. The molecule has 1 atom stereocenters. The van der Waals surface area contributed by atoms with Crippen LogP contribution in [0.15, 0.2) is 22.7 Å². The second-order valence-electron chi connectivity index (χ2n) is 3.84. The van der Waals surface area contributed by atoms with Crippen LogP contribution in [-0.4, -0.2) is 23.7 Å². The van der Waals surface area contributed by atoms with Gasteiger partial charge < -0.3 is 16.2 Å². The van der Waals surface area contributed by atoms with Crippen LogP contribution in [0.3, 0.4) is 0 Å². The molecular formula is C12H17BrN2O2. The van der Waals surface area contributed by atoms with E-state index in [0.29, 0.717) is 35.1 Å². The summed E-state index contributed by atoms with van der Waals surface area (Å²) in [4.78, 5) is 11.7. The summed E-state index contributed by atoms with van der Waals surface area (Å²) in [5.74, 6) is -0.158. The van der Waals surface area contributed by atoms with Gasteiger partial charge in [0.15, 0.2) is 0 Å². The Kier molecular flexibility index (Phi) is 5.44. The van der Waals surface area contributed by atoms with E-state index < -0.39 is 0 Å². The number of nitrogen functional groups attached to an aromatic ring is 1. The van der Waals surface area contributed by atoms with Crippen LogP contribution in [0.2, 0.25) is 0 Å². The Morgan fingerprint density at radius 1 is 1.59 bits per heavy atom. The molecule has 1 unspecified atom stereocenters. The number of nitrogens with one attached hydrogen (secondary N) is 1. The van der Waals surface area contributed by atoms with Crippen LogP contribution in [0.25, 0.3) is 0 Å². The first-order valence-corrected chi connectivity index (χ1v) is 6.35. The predicted molar refractivity (Wildman–Crippen MR) is 71.8 cm³/mol. The number of hydrogen-bond donors (Lipinski definition) is 3. The Bertz CT molecular complexity index is 396. The van der Waals surface area contributed by atoms with Gasteiger partial charge in [0.05, 0.1) is 6.10 Å². The number of anilines is 1. The molecule has 4 nitrogen and oxygen atoms in total. The highest BCUT2D eigenvalue weighted by Gasteiger charge is 2.07. The SMILES string of the molecule is CCC(O)CCNC(=O)c1ccc(N)c(Br)c1. The lowest BCUT2D eigenvalue weighted by molar-refractivity contribution is 0.0942. The zero-order chi connectivity index (χ0) is 12.8. The fourth-order valence-corrected chi connectivity index (χ4v) is 1.71. The van der Waals surface area contributed by atoms with Crippen molar-refractivity contribution in [1.82, 2.24) is 5.32 Å². The fourth-order valence-electron chi connectivity index (χ4n) is 1.33. The number of hydrogen-bond acceptors (Lipinski definition) is 3. The molecule has 0 fully saturated rings. The summed E-state index contributed by atoms with van der Waals surface area (Å²) in [5, 5.41) is 12.1. The monoisotopic (exact) mass is 300 g/mol. The molecule has 0 aliphatic rings. The Balaban J connectivity index is 2.50. The first kappa shape index (κ1) is 14.0. The molecule has 0 spiro atoms. The van der Waals surface area contributed by atoms with E-state index >= 15 is 0 Å². The van der Waals surface area contributed by atoms with Crippen LogP contribution in [-0.2, 0) is 0 Å². The molecule has 17 heavy (non-hydrogen) atoms. The molecule has 0 aliphatic heterocycles. The number of benzene rings is 1. The summed E-state index contributed by atoms with van der Waals surface area (Å²) in [6, 6.07) is 5.03. The fraction of sp³-hybridized carbons (Fsp3) is 0.417. The Labute approximate surface area is 109 Å². The molecule has 1 aromatic carbocycles. The average molecular weight is 301 g/mol. The topological polar surface area (TPSA) is 75.3 Å². The second kappa shape index (κ2) is 6.61. The largest absolute Gasteiger partial charge is 0.398 e. The Hall–Kier alpha value is -1.07. The summed E-state index contributed by atoms with van der Waals surface area (Å²) >= 11 is 3.27. The number of halogens is 1. The van der Waals surface area contributed by atoms with Gasteiger partial charge in [-0.2, -0.15) is 0 Å². The molecule has 0 saturated carbocycles. The number of aliphatic hydroxyl groups excluding tert-OH is 1.